The van der Waals surface area contributed by atoms with Crippen molar-refractivity contribution in [3.63, 3.8) is 0 Å². The Bertz CT molecular complexity index is 676. The van der Waals surface area contributed by atoms with E-state index in [2.05, 4.69) is 20.8 Å². The largest absolute Gasteiger partial charge is 0.347 e. The van der Waals surface area contributed by atoms with E-state index in [4.69, 9.17) is 0 Å². The van der Waals surface area contributed by atoms with Crippen LogP contribution in [0, 0.1) is 0 Å². The zero-order valence-corrected chi connectivity index (χ0v) is 11.2. The van der Waals surface area contributed by atoms with Gasteiger partial charge in [0.25, 0.3) is 5.91 Å². The number of nitrogens with zero attached hydrogens (tertiary/aromatic N) is 4. The average molecular weight is 285 g/mol. The van der Waals surface area contributed by atoms with Gasteiger partial charge in [-0.1, -0.05) is 6.07 Å². The summed E-state index contributed by atoms with van der Waals surface area (Å²) in [6.45, 7) is 0.547. The molecular formula is C13H11N5OS. The van der Waals surface area contributed by atoms with Gasteiger partial charge in [-0.05, 0) is 46.1 Å². The van der Waals surface area contributed by atoms with Crippen molar-refractivity contribution >= 4 is 17.2 Å². The van der Waals surface area contributed by atoms with Crippen molar-refractivity contribution in [3.8, 4) is 5.69 Å². The van der Waals surface area contributed by atoms with E-state index in [1.807, 2.05) is 17.5 Å². The first kappa shape index (κ1) is 12.5. The maximum Gasteiger partial charge on any atom is 0.251 e. The fourth-order valence-corrected chi connectivity index (χ4v) is 2.37. The maximum absolute atomic E-state index is 12.0. The minimum absolute atomic E-state index is 0.0957. The molecule has 3 aromatic rings. The van der Waals surface area contributed by atoms with Gasteiger partial charge in [-0.2, -0.15) is 0 Å². The molecule has 1 amide bonds. The summed E-state index contributed by atoms with van der Waals surface area (Å²) < 4.78 is 1.54. The topological polar surface area (TPSA) is 72.7 Å². The molecule has 0 fully saturated rings. The second-order valence-corrected chi connectivity index (χ2v) is 5.10. The number of hydrogen-bond donors (Lipinski definition) is 1. The number of rotatable bonds is 4. The second-order valence-electron chi connectivity index (χ2n) is 4.06. The molecule has 0 unspecified atom stereocenters. The van der Waals surface area contributed by atoms with Crippen LogP contribution in [-0.4, -0.2) is 26.1 Å². The van der Waals surface area contributed by atoms with Gasteiger partial charge >= 0.3 is 0 Å². The first-order valence-corrected chi connectivity index (χ1v) is 6.85. The monoisotopic (exact) mass is 285 g/mol. The van der Waals surface area contributed by atoms with Gasteiger partial charge in [0.2, 0.25) is 0 Å². The molecule has 1 N–H and O–H groups in total. The third-order valence-electron chi connectivity index (χ3n) is 2.75. The minimum atomic E-state index is -0.0957. The van der Waals surface area contributed by atoms with Crippen molar-refractivity contribution < 1.29 is 4.79 Å². The standard InChI is InChI=1S/C13H11N5OS/c19-13(14-8-12-2-1-7-20-12)10-3-5-11(6-4-10)18-9-15-16-17-18/h1-7,9H,8H2,(H,14,19). The van der Waals surface area contributed by atoms with Crippen LogP contribution in [0.25, 0.3) is 5.69 Å². The number of amides is 1. The molecule has 1 aromatic carbocycles. The summed E-state index contributed by atoms with van der Waals surface area (Å²) in [4.78, 5) is 13.1. The van der Waals surface area contributed by atoms with Crippen molar-refractivity contribution in [2.45, 2.75) is 6.54 Å². The molecular weight excluding hydrogens is 274 g/mol. The number of tetrazole rings is 1. The fraction of sp³-hybridized carbons (Fsp3) is 0.0769. The number of thiophene rings is 1. The average Bonchev–Trinajstić information content (AvgIpc) is 3.18. The lowest BCUT2D eigenvalue weighted by Crippen LogP contribution is -2.22. The highest BCUT2D eigenvalue weighted by molar-refractivity contribution is 7.09. The Morgan fingerprint density at radius 3 is 2.75 bits per heavy atom. The Kier molecular flexibility index (Phi) is 3.51. The van der Waals surface area contributed by atoms with Gasteiger partial charge < -0.3 is 5.32 Å². The summed E-state index contributed by atoms with van der Waals surface area (Å²) >= 11 is 1.62. The summed E-state index contributed by atoms with van der Waals surface area (Å²) in [5.74, 6) is -0.0957. The van der Waals surface area contributed by atoms with Gasteiger partial charge in [-0.15, -0.1) is 16.4 Å². The Morgan fingerprint density at radius 2 is 2.10 bits per heavy atom. The molecule has 3 rings (SSSR count). The molecule has 2 heterocycles. The van der Waals surface area contributed by atoms with Crippen LogP contribution in [0.1, 0.15) is 15.2 Å². The van der Waals surface area contributed by atoms with Crippen LogP contribution >= 0.6 is 11.3 Å². The highest BCUT2D eigenvalue weighted by atomic mass is 32.1. The van der Waals surface area contributed by atoms with Crippen molar-refractivity contribution in [1.82, 2.24) is 25.5 Å². The first-order chi connectivity index (χ1) is 9.83. The molecule has 0 aliphatic heterocycles. The zero-order valence-electron chi connectivity index (χ0n) is 10.4. The van der Waals surface area contributed by atoms with E-state index in [0.717, 1.165) is 10.6 Å². The predicted octanol–water partition coefficient (Wildman–Crippen LogP) is 1.65. The van der Waals surface area contributed by atoms with E-state index < -0.39 is 0 Å². The third kappa shape index (κ3) is 2.72. The summed E-state index contributed by atoms with van der Waals surface area (Å²) in [5.41, 5.74) is 1.42. The van der Waals surface area contributed by atoms with Crippen LogP contribution in [-0.2, 0) is 6.54 Å². The van der Waals surface area contributed by atoms with Crippen molar-refractivity contribution in [3.05, 3.63) is 58.5 Å². The van der Waals surface area contributed by atoms with Gasteiger partial charge in [0.05, 0.1) is 12.2 Å². The SMILES string of the molecule is O=C(NCc1cccs1)c1ccc(-n2cnnn2)cc1. The molecule has 0 saturated carbocycles. The van der Waals surface area contributed by atoms with Crippen LogP contribution in [0.3, 0.4) is 0 Å². The van der Waals surface area contributed by atoms with Crippen molar-refractivity contribution in [2.75, 3.05) is 0 Å². The van der Waals surface area contributed by atoms with E-state index in [0.29, 0.717) is 12.1 Å². The molecule has 0 atom stereocenters. The highest BCUT2D eigenvalue weighted by Crippen LogP contribution is 2.10. The highest BCUT2D eigenvalue weighted by Gasteiger charge is 2.06. The molecule has 0 aliphatic rings. The van der Waals surface area contributed by atoms with Crippen molar-refractivity contribution in [2.24, 2.45) is 0 Å². The number of aromatic nitrogens is 4. The van der Waals surface area contributed by atoms with Gasteiger partial charge in [0.1, 0.15) is 6.33 Å². The lowest BCUT2D eigenvalue weighted by Gasteiger charge is -2.05. The summed E-state index contributed by atoms with van der Waals surface area (Å²) in [6, 6.07) is 11.1. The molecule has 2 aromatic heterocycles. The lowest BCUT2D eigenvalue weighted by molar-refractivity contribution is 0.0951. The summed E-state index contributed by atoms with van der Waals surface area (Å²) in [6.07, 6.45) is 1.51. The predicted molar refractivity (Wildman–Crippen MR) is 74.6 cm³/mol. The minimum Gasteiger partial charge on any atom is -0.347 e. The van der Waals surface area contributed by atoms with Crippen LogP contribution in [0.2, 0.25) is 0 Å². The van der Waals surface area contributed by atoms with E-state index in [9.17, 15) is 4.79 Å². The fourth-order valence-electron chi connectivity index (χ4n) is 1.73. The molecule has 6 nitrogen and oxygen atoms in total. The number of carbonyl (C=O) groups excluding carboxylic acids is 1. The lowest BCUT2D eigenvalue weighted by atomic mass is 10.2. The molecule has 7 heteroatoms. The smallest absolute Gasteiger partial charge is 0.251 e. The van der Waals surface area contributed by atoms with Crippen LogP contribution in [0.15, 0.2) is 48.1 Å². The van der Waals surface area contributed by atoms with Gasteiger partial charge in [0.15, 0.2) is 0 Å². The molecule has 0 bridgehead atoms. The van der Waals surface area contributed by atoms with Crippen LogP contribution in [0.5, 0.6) is 0 Å². The number of benzene rings is 1. The van der Waals surface area contributed by atoms with Crippen molar-refractivity contribution in [1.29, 1.82) is 0 Å². The van der Waals surface area contributed by atoms with E-state index in [1.54, 1.807) is 35.6 Å². The van der Waals surface area contributed by atoms with E-state index >= 15 is 0 Å². The van der Waals surface area contributed by atoms with E-state index in [1.165, 1.54) is 11.0 Å². The molecule has 0 radical (unpaired) electrons. The molecule has 0 saturated heterocycles. The van der Waals surface area contributed by atoms with Crippen LogP contribution < -0.4 is 5.32 Å². The summed E-state index contributed by atoms with van der Waals surface area (Å²) in [7, 11) is 0. The molecule has 20 heavy (non-hydrogen) atoms. The third-order valence-corrected chi connectivity index (χ3v) is 3.62. The van der Waals surface area contributed by atoms with Gasteiger partial charge in [-0.3, -0.25) is 4.79 Å². The zero-order chi connectivity index (χ0) is 13.8. The normalized spacial score (nSPS) is 10.4. The molecule has 0 spiro atoms. The summed E-state index contributed by atoms with van der Waals surface area (Å²) in [5, 5.41) is 15.8. The Morgan fingerprint density at radius 1 is 1.25 bits per heavy atom. The Hall–Kier alpha value is -2.54. The molecule has 100 valence electrons. The Labute approximate surface area is 119 Å². The van der Waals surface area contributed by atoms with Crippen LogP contribution in [0.4, 0.5) is 0 Å². The number of hydrogen-bond acceptors (Lipinski definition) is 5. The maximum atomic E-state index is 12.0. The van der Waals surface area contributed by atoms with Gasteiger partial charge in [0, 0.05) is 10.4 Å². The van der Waals surface area contributed by atoms with Gasteiger partial charge in [-0.25, -0.2) is 4.68 Å². The quantitative estimate of drug-likeness (QED) is 0.791. The van der Waals surface area contributed by atoms with E-state index in [-0.39, 0.29) is 5.91 Å². The molecule has 0 aliphatic carbocycles. The number of carbonyl (C=O) groups is 1. The second kappa shape index (κ2) is 5.62. The Balaban J connectivity index is 1.66. The number of nitrogens with one attached hydrogen (secondary N) is 1. The first-order valence-electron chi connectivity index (χ1n) is 5.97.